The molecule has 0 saturated carbocycles. The van der Waals surface area contributed by atoms with Gasteiger partial charge in [0.2, 0.25) is 5.91 Å². The molecule has 1 aromatic rings. The Bertz CT molecular complexity index is 552. The third-order valence-electron chi connectivity index (χ3n) is 4.20. The van der Waals surface area contributed by atoms with E-state index in [2.05, 4.69) is 32.5 Å². The van der Waals surface area contributed by atoms with Gasteiger partial charge in [0, 0.05) is 66.0 Å². The van der Waals surface area contributed by atoms with Crippen molar-refractivity contribution in [2.24, 2.45) is 12.0 Å². The summed E-state index contributed by atoms with van der Waals surface area (Å²) in [5.74, 6) is 0.991. The molecule has 1 aliphatic rings. The summed E-state index contributed by atoms with van der Waals surface area (Å²) in [5.41, 5.74) is 1.08. The highest BCUT2D eigenvalue weighted by Gasteiger charge is 2.17. The molecule has 1 fully saturated rings. The molecule has 1 amide bonds. The minimum Gasteiger partial charge on any atom is -0.357 e. The Kier molecular flexibility index (Phi) is 9.79. The number of guanidine groups is 1. The van der Waals surface area contributed by atoms with Gasteiger partial charge in [-0.25, -0.2) is 4.99 Å². The molecule has 2 N–H and O–H groups in total. The van der Waals surface area contributed by atoms with Crippen LogP contribution in [0.15, 0.2) is 17.3 Å². The lowest BCUT2D eigenvalue weighted by atomic mass is 10.3. The topological polar surface area (TPSA) is 77.8 Å². The fourth-order valence-corrected chi connectivity index (χ4v) is 2.68. The van der Waals surface area contributed by atoms with Crippen molar-refractivity contribution in [2.45, 2.75) is 20.4 Å². The van der Waals surface area contributed by atoms with Crippen LogP contribution in [0.25, 0.3) is 0 Å². The Balaban J connectivity index is 0.00000312. The largest absolute Gasteiger partial charge is 0.357 e. The molecule has 0 aliphatic carbocycles. The lowest BCUT2D eigenvalue weighted by Gasteiger charge is -2.34. The number of piperazine rings is 1. The molecule has 9 heteroatoms. The molecule has 1 saturated heterocycles. The summed E-state index contributed by atoms with van der Waals surface area (Å²) in [5, 5.41) is 10.8. The van der Waals surface area contributed by atoms with Crippen molar-refractivity contribution < 1.29 is 4.79 Å². The van der Waals surface area contributed by atoms with Crippen molar-refractivity contribution in [3.8, 4) is 0 Å². The second-order valence-corrected chi connectivity index (χ2v) is 5.92. The molecule has 0 unspecified atom stereocenters. The summed E-state index contributed by atoms with van der Waals surface area (Å²) in [6, 6.07) is 1.97. The summed E-state index contributed by atoms with van der Waals surface area (Å²) in [6.45, 7) is 10.4. The van der Waals surface area contributed by atoms with E-state index in [1.54, 1.807) is 13.1 Å². The molecular formula is C16H30IN7O. The fraction of sp³-hybridized carbons (Fsp3) is 0.688. The first-order chi connectivity index (χ1) is 11.6. The maximum absolute atomic E-state index is 11.3. The molecule has 0 radical (unpaired) electrons. The van der Waals surface area contributed by atoms with Crippen molar-refractivity contribution in [2.75, 3.05) is 45.8 Å². The zero-order valence-electron chi connectivity index (χ0n) is 15.4. The van der Waals surface area contributed by atoms with Crippen LogP contribution in [0.1, 0.15) is 19.5 Å². The van der Waals surface area contributed by atoms with E-state index in [9.17, 15) is 4.79 Å². The number of amides is 1. The van der Waals surface area contributed by atoms with Gasteiger partial charge in [0.1, 0.15) is 0 Å². The molecule has 0 aromatic carbocycles. The number of carbonyl (C=O) groups excluding carboxylic acids is 1. The molecule has 1 aliphatic heterocycles. The van der Waals surface area contributed by atoms with Crippen molar-refractivity contribution >= 4 is 35.8 Å². The van der Waals surface area contributed by atoms with Gasteiger partial charge in [-0.05, 0) is 13.0 Å². The second-order valence-electron chi connectivity index (χ2n) is 5.92. The standard InChI is InChI=1S/C16H29N7O.HI/c1-4-17-16(19-13-15-5-6-20-21(15)3)18-7-8-22-9-11-23(12-10-22)14(2)24;/h5-6H,4,7-13H2,1-3H3,(H2,17,18,19);1H. The van der Waals surface area contributed by atoms with Gasteiger partial charge in [-0.2, -0.15) is 5.10 Å². The normalized spacial score (nSPS) is 15.6. The summed E-state index contributed by atoms with van der Waals surface area (Å²) in [4.78, 5) is 20.2. The monoisotopic (exact) mass is 463 g/mol. The zero-order valence-corrected chi connectivity index (χ0v) is 17.7. The van der Waals surface area contributed by atoms with E-state index in [-0.39, 0.29) is 29.9 Å². The lowest BCUT2D eigenvalue weighted by Crippen LogP contribution is -2.50. The number of halogens is 1. The van der Waals surface area contributed by atoms with E-state index in [1.807, 2.05) is 22.7 Å². The highest BCUT2D eigenvalue weighted by molar-refractivity contribution is 14.0. The molecule has 25 heavy (non-hydrogen) atoms. The van der Waals surface area contributed by atoms with Crippen molar-refractivity contribution in [3.05, 3.63) is 18.0 Å². The minimum absolute atomic E-state index is 0. The molecule has 0 spiro atoms. The van der Waals surface area contributed by atoms with Crippen molar-refractivity contribution in [1.29, 1.82) is 0 Å². The molecular weight excluding hydrogens is 433 g/mol. The predicted octanol–water partition coefficient (Wildman–Crippen LogP) is 0.257. The van der Waals surface area contributed by atoms with Crippen LogP contribution in [0.5, 0.6) is 0 Å². The summed E-state index contributed by atoms with van der Waals surface area (Å²) in [7, 11) is 1.92. The van der Waals surface area contributed by atoms with Gasteiger partial charge in [-0.1, -0.05) is 0 Å². The fourth-order valence-electron chi connectivity index (χ4n) is 2.68. The van der Waals surface area contributed by atoms with E-state index in [4.69, 9.17) is 0 Å². The number of hydrogen-bond acceptors (Lipinski definition) is 4. The van der Waals surface area contributed by atoms with Crippen LogP contribution in [-0.2, 0) is 18.4 Å². The third-order valence-corrected chi connectivity index (χ3v) is 4.20. The predicted molar refractivity (Wildman–Crippen MR) is 110 cm³/mol. The summed E-state index contributed by atoms with van der Waals surface area (Å²) < 4.78 is 1.83. The average molecular weight is 463 g/mol. The SMILES string of the molecule is CCNC(=NCc1ccnn1C)NCCN1CCN(C(C)=O)CC1.I. The molecule has 2 rings (SSSR count). The quantitative estimate of drug-likeness (QED) is 0.360. The first kappa shape index (κ1) is 21.7. The van der Waals surface area contributed by atoms with Crippen LogP contribution < -0.4 is 10.6 Å². The first-order valence-electron chi connectivity index (χ1n) is 8.57. The second kappa shape index (κ2) is 11.3. The number of aryl methyl sites for hydroxylation is 1. The van der Waals surface area contributed by atoms with Crippen LogP contribution in [0.3, 0.4) is 0 Å². The van der Waals surface area contributed by atoms with Crippen molar-refractivity contribution in [3.63, 3.8) is 0 Å². The summed E-state index contributed by atoms with van der Waals surface area (Å²) >= 11 is 0. The highest BCUT2D eigenvalue weighted by Crippen LogP contribution is 2.01. The summed E-state index contributed by atoms with van der Waals surface area (Å²) in [6.07, 6.45) is 1.78. The smallest absolute Gasteiger partial charge is 0.219 e. The molecule has 8 nitrogen and oxygen atoms in total. The van der Waals surface area contributed by atoms with Crippen molar-refractivity contribution in [1.82, 2.24) is 30.2 Å². The highest BCUT2D eigenvalue weighted by atomic mass is 127. The lowest BCUT2D eigenvalue weighted by molar-refractivity contribution is -0.130. The number of rotatable bonds is 6. The molecule has 1 aromatic heterocycles. The number of aliphatic imine (C=N–C) groups is 1. The maximum Gasteiger partial charge on any atom is 0.219 e. The van der Waals surface area contributed by atoms with E-state index in [0.717, 1.165) is 57.5 Å². The van der Waals surface area contributed by atoms with E-state index >= 15 is 0 Å². The first-order valence-corrected chi connectivity index (χ1v) is 8.57. The number of nitrogens with one attached hydrogen (secondary N) is 2. The average Bonchev–Trinajstić information content (AvgIpc) is 2.98. The van der Waals surface area contributed by atoms with Crippen LogP contribution >= 0.6 is 24.0 Å². The minimum atomic E-state index is 0. The van der Waals surface area contributed by atoms with Crippen LogP contribution in [0.2, 0.25) is 0 Å². The van der Waals surface area contributed by atoms with Crippen LogP contribution in [0, 0.1) is 0 Å². The van der Waals surface area contributed by atoms with Gasteiger partial charge < -0.3 is 15.5 Å². The van der Waals surface area contributed by atoms with Crippen LogP contribution in [0.4, 0.5) is 0 Å². The van der Waals surface area contributed by atoms with Gasteiger partial charge in [0.25, 0.3) is 0 Å². The zero-order chi connectivity index (χ0) is 17.4. The third kappa shape index (κ3) is 7.18. The van der Waals surface area contributed by atoms with E-state index < -0.39 is 0 Å². The van der Waals surface area contributed by atoms with Gasteiger partial charge in [-0.3, -0.25) is 14.4 Å². The number of hydrogen-bond donors (Lipinski definition) is 2. The Morgan fingerprint density at radius 1 is 1.28 bits per heavy atom. The number of nitrogens with zero attached hydrogens (tertiary/aromatic N) is 5. The number of carbonyl (C=O) groups is 1. The Labute approximate surface area is 167 Å². The Hall–Kier alpha value is -1.36. The molecule has 0 bridgehead atoms. The van der Waals surface area contributed by atoms with Gasteiger partial charge in [-0.15, -0.1) is 24.0 Å². The van der Waals surface area contributed by atoms with Crippen LogP contribution in [-0.4, -0.2) is 77.3 Å². The maximum atomic E-state index is 11.3. The molecule has 2 heterocycles. The Morgan fingerprint density at radius 3 is 2.56 bits per heavy atom. The Morgan fingerprint density at radius 2 is 2.00 bits per heavy atom. The van der Waals surface area contributed by atoms with Gasteiger partial charge >= 0.3 is 0 Å². The van der Waals surface area contributed by atoms with E-state index in [1.165, 1.54) is 0 Å². The van der Waals surface area contributed by atoms with Gasteiger partial charge in [0.05, 0.1) is 12.2 Å². The molecule has 142 valence electrons. The van der Waals surface area contributed by atoms with Gasteiger partial charge in [0.15, 0.2) is 5.96 Å². The molecule has 0 atom stereocenters. The number of aromatic nitrogens is 2. The van der Waals surface area contributed by atoms with E-state index in [0.29, 0.717) is 6.54 Å².